The smallest absolute Gasteiger partial charge is 0.0737 e. The second-order valence-electron chi connectivity index (χ2n) is 4.22. The molecule has 2 aliphatic rings. The molecule has 0 amide bonds. The van der Waals surface area contributed by atoms with Gasteiger partial charge < -0.3 is 0 Å². The predicted octanol–water partition coefficient (Wildman–Crippen LogP) is 3.53. The van der Waals surface area contributed by atoms with Gasteiger partial charge in [0, 0.05) is 11.3 Å². The van der Waals surface area contributed by atoms with Crippen LogP contribution in [-0.2, 0) is 0 Å². The van der Waals surface area contributed by atoms with Gasteiger partial charge in [-0.05, 0) is 43.7 Å². The van der Waals surface area contributed by atoms with Gasteiger partial charge in [-0.1, -0.05) is 18.2 Å². The van der Waals surface area contributed by atoms with Crippen LogP contribution in [-0.4, -0.2) is 0 Å². The lowest BCUT2D eigenvalue weighted by Crippen LogP contribution is -1.99. The highest BCUT2D eigenvalue weighted by Crippen LogP contribution is 2.43. The van der Waals surface area contributed by atoms with E-state index in [9.17, 15) is 0 Å². The first kappa shape index (κ1) is 8.10. The highest BCUT2D eigenvalue weighted by molar-refractivity contribution is 5.83. The van der Waals surface area contributed by atoms with Crippen molar-refractivity contribution in [2.45, 2.75) is 32.6 Å². The van der Waals surface area contributed by atoms with Crippen LogP contribution in [0.15, 0.2) is 23.9 Å². The molecular weight excluding hydrogens is 170 g/mol. The Labute approximate surface area is 84.8 Å². The molecule has 0 bridgehead atoms. The molecule has 1 radical (unpaired) electrons. The summed E-state index contributed by atoms with van der Waals surface area (Å²) in [4.78, 5) is 0. The summed E-state index contributed by atoms with van der Waals surface area (Å²) >= 11 is 0. The predicted molar refractivity (Wildman–Crippen MR) is 58.4 cm³/mol. The number of aryl methyl sites for hydroxylation is 1. The first-order chi connectivity index (χ1) is 6.86. The summed E-state index contributed by atoms with van der Waals surface area (Å²) in [5.74, 6) is 0. The number of para-hydroxylation sites is 1. The van der Waals surface area contributed by atoms with Crippen molar-refractivity contribution in [3.8, 4) is 0 Å². The molecule has 0 N–H and O–H groups in total. The molecule has 1 heterocycles. The van der Waals surface area contributed by atoms with E-state index in [-0.39, 0.29) is 0 Å². The summed E-state index contributed by atoms with van der Waals surface area (Å²) in [5.41, 5.74) is 6.84. The minimum absolute atomic E-state index is 1.18. The SMILES string of the molecule is Cc1cccc2c1[N]C1=C2CCCC1. The van der Waals surface area contributed by atoms with Crippen LogP contribution < -0.4 is 5.32 Å². The number of nitrogens with zero attached hydrogens (tertiary/aromatic N) is 1. The maximum atomic E-state index is 4.75. The molecule has 1 aromatic carbocycles. The van der Waals surface area contributed by atoms with E-state index in [1.54, 1.807) is 0 Å². The molecule has 0 unspecified atom stereocenters. The average molecular weight is 184 g/mol. The third-order valence-electron chi connectivity index (χ3n) is 3.25. The Morgan fingerprint density at radius 2 is 2.00 bits per heavy atom. The van der Waals surface area contributed by atoms with Crippen molar-refractivity contribution in [3.05, 3.63) is 35.0 Å². The van der Waals surface area contributed by atoms with Crippen LogP contribution in [0.25, 0.3) is 5.57 Å². The van der Waals surface area contributed by atoms with Gasteiger partial charge in [-0.15, -0.1) is 0 Å². The highest BCUT2D eigenvalue weighted by atomic mass is 14.9. The molecule has 1 heteroatoms. The van der Waals surface area contributed by atoms with Crippen LogP contribution in [0.2, 0.25) is 0 Å². The van der Waals surface area contributed by atoms with Gasteiger partial charge in [0.1, 0.15) is 0 Å². The van der Waals surface area contributed by atoms with E-state index in [1.165, 1.54) is 53.8 Å². The molecule has 3 rings (SSSR count). The van der Waals surface area contributed by atoms with Crippen molar-refractivity contribution in [3.63, 3.8) is 0 Å². The molecular formula is C13H14N. The van der Waals surface area contributed by atoms with Crippen molar-refractivity contribution in [1.82, 2.24) is 5.32 Å². The van der Waals surface area contributed by atoms with Crippen molar-refractivity contribution < 1.29 is 0 Å². The van der Waals surface area contributed by atoms with Crippen molar-refractivity contribution in [1.29, 1.82) is 0 Å². The lowest BCUT2D eigenvalue weighted by molar-refractivity contribution is 0.697. The maximum Gasteiger partial charge on any atom is 0.0737 e. The summed E-state index contributed by atoms with van der Waals surface area (Å²) in [5, 5.41) is 4.75. The molecule has 1 aromatic rings. The Hall–Kier alpha value is -1.24. The molecule has 0 saturated heterocycles. The Morgan fingerprint density at radius 1 is 1.14 bits per heavy atom. The fourth-order valence-corrected chi connectivity index (χ4v) is 2.49. The van der Waals surface area contributed by atoms with E-state index < -0.39 is 0 Å². The molecule has 71 valence electrons. The number of fused-ring (bicyclic) bond motifs is 2. The van der Waals surface area contributed by atoms with E-state index in [0.29, 0.717) is 0 Å². The molecule has 1 aliphatic heterocycles. The fourth-order valence-electron chi connectivity index (χ4n) is 2.49. The van der Waals surface area contributed by atoms with Crippen molar-refractivity contribution in [2.24, 2.45) is 0 Å². The fraction of sp³-hybridized carbons (Fsp3) is 0.385. The van der Waals surface area contributed by atoms with E-state index in [2.05, 4.69) is 25.1 Å². The van der Waals surface area contributed by atoms with Crippen molar-refractivity contribution in [2.75, 3.05) is 0 Å². The normalized spacial score (nSPS) is 18.9. The van der Waals surface area contributed by atoms with Gasteiger partial charge in [-0.2, -0.15) is 0 Å². The first-order valence-corrected chi connectivity index (χ1v) is 5.40. The van der Waals surface area contributed by atoms with Crippen LogP contribution in [0.4, 0.5) is 5.69 Å². The minimum Gasteiger partial charge on any atom is -0.252 e. The van der Waals surface area contributed by atoms with Crippen molar-refractivity contribution >= 4 is 11.3 Å². The molecule has 14 heavy (non-hydrogen) atoms. The van der Waals surface area contributed by atoms with Gasteiger partial charge in [-0.25, -0.2) is 0 Å². The van der Waals surface area contributed by atoms with Crippen LogP contribution in [0.1, 0.15) is 36.8 Å². The number of rotatable bonds is 0. The van der Waals surface area contributed by atoms with E-state index in [0.717, 1.165) is 0 Å². The maximum absolute atomic E-state index is 4.75. The zero-order chi connectivity index (χ0) is 9.54. The number of allylic oxidation sites excluding steroid dienone is 2. The number of hydrogen-bond donors (Lipinski definition) is 0. The van der Waals surface area contributed by atoms with E-state index in [4.69, 9.17) is 5.32 Å². The largest absolute Gasteiger partial charge is 0.252 e. The van der Waals surface area contributed by atoms with E-state index in [1.807, 2.05) is 0 Å². The Bertz CT molecular complexity index is 415. The zero-order valence-electron chi connectivity index (χ0n) is 8.51. The van der Waals surface area contributed by atoms with Crippen LogP contribution in [0.5, 0.6) is 0 Å². The quantitative estimate of drug-likeness (QED) is 0.585. The second kappa shape index (κ2) is 2.88. The second-order valence-corrected chi connectivity index (χ2v) is 4.22. The van der Waals surface area contributed by atoms with Gasteiger partial charge in [0.15, 0.2) is 0 Å². The molecule has 1 nitrogen and oxygen atoms in total. The molecule has 0 spiro atoms. The standard InChI is InChI=1S/C13H14N/c1-9-5-4-7-11-10-6-2-3-8-12(10)14-13(9)11/h4-5,7H,2-3,6,8H2,1H3. The molecule has 0 aromatic heterocycles. The van der Waals surface area contributed by atoms with Crippen LogP contribution in [0, 0.1) is 6.92 Å². The van der Waals surface area contributed by atoms with Gasteiger partial charge in [-0.3, -0.25) is 5.32 Å². The summed E-state index contributed by atoms with van der Waals surface area (Å²) < 4.78 is 0. The number of benzene rings is 1. The summed E-state index contributed by atoms with van der Waals surface area (Å²) in [7, 11) is 0. The average Bonchev–Trinajstić information content (AvgIpc) is 2.59. The lowest BCUT2D eigenvalue weighted by atomic mass is 9.93. The third kappa shape index (κ3) is 1.02. The monoisotopic (exact) mass is 184 g/mol. The summed E-state index contributed by atoms with van der Waals surface area (Å²) in [6.45, 7) is 2.15. The Kier molecular flexibility index (Phi) is 1.66. The van der Waals surface area contributed by atoms with Crippen LogP contribution >= 0.6 is 0 Å². The first-order valence-electron chi connectivity index (χ1n) is 5.40. The summed E-state index contributed by atoms with van der Waals surface area (Å²) in [6, 6.07) is 6.52. The minimum atomic E-state index is 1.18. The molecule has 0 atom stereocenters. The Balaban J connectivity index is 2.14. The Morgan fingerprint density at radius 3 is 2.93 bits per heavy atom. The lowest BCUT2D eigenvalue weighted by Gasteiger charge is -2.11. The molecule has 1 aliphatic carbocycles. The number of hydrogen-bond acceptors (Lipinski definition) is 0. The van der Waals surface area contributed by atoms with Gasteiger partial charge in [0.25, 0.3) is 0 Å². The van der Waals surface area contributed by atoms with Crippen LogP contribution in [0.3, 0.4) is 0 Å². The molecule has 0 fully saturated rings. The van der Waals surface area contributed by atoms with Gasteiger partial charge in [0.05, 0.1) is 5.69 Å². The zero-order valence-corrected chi connectivity index (χ0v) is 8.51. The summed E-state index contributed by atoms with van der Waals surface area (Å²) in [6.07, 6.45) is 5.07. The molecule has 0 saturated carbocycles. The highest BCUT2D eigenvalue weighted by Gasteiger charge is 2.25. The third-order valence-corrected chi connectivity index (χ3v) is 3.25. The van der Waals surface area contributed by atoms with E-state index >= 15 is 0 Å². The van der Waals surface area contributed by atoms with Gasteiger partial charge in [0.2, 0.25) is 0 Å². The topological polar surface area (TPSA) is 14.1 Å². The van der Waals surface area contributed by atoms with Gasteiger partial charge >= 0.3 is 0 Å².